The average Bonchev–Trinajstić information content (AvgIpc) is 2.43. The van der Waals surface area contributed by atoms with Crippen molar-refractivity contribution in [3.05, 3.63) is 34.3 Å². The standard InChI is InChI=1S/C11H14N2O2/c1-11(2,12)6-7-4-3-5-8-9(7)13-10(14)15-8/h3-5H,6,12H2,1-2H3,(H,13,14). The van der Waals surface area contributed by atoms with Crippen LogP contribution >= 0.6 is 0 Å². The van der Waals surface area contributed by atoms with Gasteiger partial charge in [0.1, 0.15) is 0 Å². The van der Waals surface area contributed by atoms with Crippen molar-refractivity contribution in [2.24, 2.45) is 5.73 Å². The summed E-state index contributed by atoms with van der Waals surface area (Å²) >= 11 is 0. The molecule has 0 fully saturated rings. The molecule has 2 aromatic rings. The first-order valence-corrected chi connectivity index (χ1v) is 4.85. The van der Waals surface area contributed by atoms with E-state index < -0.39 is 5.76 Å². The van der Waals surface area contributed by atoms with Crippen molar-refractivity contribution in [3.8, 4) is 0 Å². The second kappa shape index (κ2) is 3.24. The summed E-state index contributed by atoms with van der Waals surface area (Å²) < 4.78 is 4.97. The first-order valence-electron chi connectivity index (χ1n) is 4.85. The number of para-hydroxylation sites is 1. The largest absolute Gasteiger partial charge is 0.417 e. The Morgan fingerprint density at radius 2 is 2.20 bits per heavy atom. The molecular formula is C11H14N2O2. The summed E-state index contributed by atoms with van der Waals surface area (Å²) in [7, 11) is 0. The van der Waals surface area contributed by atoms with Crippen molar-refractivity contribution in [2.75, 3.05) is 0 Å². The Morgan fingerprint density at radius 3 is 2.87 bits per heavy atom. The zero-order valence-corrected chi connectivity index (χ0v) is 8.83. The van der Waals surface area contributed by atoms with Crippen molar-refractivity contribution < 1.29 is 4.42 Å². The van der Waals surface area contributed by atoms with Gasteiger partial charge in [-0.3, -0.25) is 4.98 Å². The van der Waals surface area contributed by atoms with Crippen LogP contribution in [0.25, 0.3) is 11.1 Å². The van der Waals surface area contributed by atoms with Crippen molar-refractivity contribution >= 4 is 11.1 Å². The Balaban J connectivity index is 2.56. The van der Waals surface area contributed by atoms with Crippen LogP contribution in [0.15, 0.2) is 27.4 Å². The Labute approximate surface area is 87.1 Å². The highest BCUT2D eigenvalue weighted by molar-refractivity contribution is 5.76. The number of hydrogen-bond donors (Lipinski definition) is 2. The van der Waals surface area contributed by atoms with E-state index in [-0.39, 0.29) is 5.54 Å². The molecule has 3 N–H and O–H groups in total. The fourth-order valence-electron chi connectivity index (χ4n) is 1.67. The molecule has 0 aliphatic heterocycles. The first kappa shape index (κ1) is 9.98. The van der Waals surface area contributed by atoms with Gasteiger partial charge in [0.05, 0.1) is 5.52 Å². The molecule has 0 spiro atoms. The number of nitrogens with one attached hydrogen (secondary N) is 1. The zero-order chi connectivity index (χ0) is 11.1. The summed E-state index contributed by atoms with van der Waals surface area (Å²) in [6, 6.07) is 5.57. The molecule has 0 bridgehead atoms. The number of hydrogen-bond acceptors (Lipinski definition) is 3. The van der Waals surface area contributed by atoms with Crippen molar-refractivity contribution in [1.29, 1.82) is 0 Å². The summed E-state index contributed by atoms with van der Waals surface area (Å²) in [5.41, 5.74) is 7.98. The van der Waals surface area contributed by atoms with E-state index in [4.69, 9.17) is 10.2 Å². The van der Waals surface area contributed by atoms with Crippen molar-refractivity contribution in [2.45, 2.75) is 25.8 Å². The van der Waals surface area contributed by atoms with E-state index >= 15 is 0 Å². The topological polar surface area (TPSA) is 72.0 Å². The number of benzene rings is 1. The minimum atomic E-state index is -0.424. The zero-order valence-electron chi connectivity index (χ0n) is 8.83. The number of aromatic amines is 1. The smallest absolute Gasteiger partial charge is 0.408 e. The molecule has 4 nitrogen and oxygen atoms in total. The van der Waals surface area contributed by atoms with Crippen LogP contribution in [-0.2, 0) is 6.42 Å². The molecule has 0 saturated carbocycles. The third-order valence-electron chi connectivity index (χ3n) is 2.19. The van der Waals surface area contributed by atoms with E-state index in [9.17, 15) is 4.79 Å². The van der Waals surface area contributed by atoms with E-state index in [1.165, 1.54) is 0 Å². The maximum absolute atomic E-state index is 11.1. The molecule has 1 heterocycles. The molecule has 15 heavy (non-hydrogen) atoms. The van der Waals surface area contributed by atoms with E-state index in [2.05, 4.69) is 4.98 Å². The van der Waals surface area contributed by atoms with Gasteiger partial charge in [0.15, 0.2) is 5.58 Å². The van der Waals surface area contributed by atoms with Gasteiger partial charge in [0.25, 0.3) is 0 Å². The maximum Gasteiger partial charge on any atom is 0.417 e. The van der Waals surface area contributed by atoms with Crippen LogP contribution in [0.1, 0.15) is 19.4 Å². The summed E-state index contributed by atoms with van der Waals surface area (Å²) in [5.74, 6) is -0.424. The Morgan fingerprint density at radius 1 is 1.47 bits per heavy atom. The number of nitrogens with two attached hydrogens (primary N) is 1. The number of aromatic nitrogens is 1. The molecule has 4 heteroatoms. The van der Waals surface area contributed by atoms with Gasteiger partial charge in [-0.1, -0.05) is 12.1 Å². The lowest BCUT2D eigenvalue weighted by Gasteiger charge is -2.18. The molecule has 0 amide bonds. The second-order valence-electron chi connectivity index (χ2n) is 4.47. The molecule has 0 saturated heterocycles. The molecule has 2 rings (SSSR count). The van der Waals surface area contributed by atoms with Crippen LogP contribution in [0.3, 0.4) is 0 Å². The third kappa shape index (κ3) is 2.10. The van der Waals surface area contributed by atoms with Crippen LogP contribution in [-0.4, -0.2) is 10.5 Å². The quantitative estimate of drug-likeness (QED) is 0.780. The molecule has 0 unspecified atom stereocenters. The van der Waals surface area contributed by atoms with Crippen molar-refractivity contribution in [1.82, 2.24) is 4.98 Å². The lowest BCUT2D eigenvalue weighted by atomic mass is 9.95. The summed E-state index contributed by atoms with van der Waals surface area (Å²) in [6.07, 6.45) is 0.694. The van der Waals surface area contributed by atoms with Crippen LogP contribution in [0.2, 0.25) is 0 Å². The predicted octanol–water partition coefficient (Wildman–Crippen LogP) is 1.40. The predicted molar refractivity (Wildman–Crippen MR) is 58.8 cm³/mol. The fourth-order valence-corrected chi connectivity index (χ4v) is 1.67. The van der Waals surface area contributed by atoms with Gasteiger partial charge in [-0.05, 0) is 31.9 Å². The summed E-state index contributed by atoms with van der Waals surface area (Å²) in [4.78, 5) is 13.7. The van der Waals surface area contributed by atoms with Gasteiger partial charge >= 0.3 is 5.76 Å². The Hall–Kier alpha value is -1.55. The summed E-state index contributed by atoms with van der Waals surface area (Å²) in [6.45, 7) is 3.90. The SMILES string of the molecule is CC(C)(N)Cc1cccc2oc(=O)[nH]c12. The van der Waals surface area contributed by atoms with Gasteiger partial charge < -0.3 is 10.2 Å². The van der Waals surface area contributed by atoms with E-state index in [0.717, 1.165) is 11.1 Å². The molecule has 1 aromatic carbocycles. The maximum atomic E-state index is 11.1. The molecular weight excluding hydrogens is 192 g/mol. The minimum absolute atomic E-state index is 0.303. The second-order valence-corrected chi connectivity index (χ2v) is 4.47. The molecule has 80 valence electrons. The van der Waals surface area contributed by atoms with Crippen LogP contribution < -0.4 is 11.5 Å². The van der Waals surface area contributed by atoms with Crippen LogP contribution in [0, 0.1) is 0 Å². The highest BCUT2D eigenvalue weighted by atomic mass is 16.4. The number of rotatable bonds is 2. The normalized spacial score (nSPS) is 12.2. The minimum Gasteiger partial charge on any atom is -0.408 e. The fraction of sp³-hybridized carbons (Fsp3) is 0.364. The van der Waals surface area contributed by atoms with Crippen LogP contribution in [0.4, 0.5) is 0 Å². The van der Waals surface area contributed by atoms with Gasteiger partial charge in [0.2, 0.25) is 0 Å². The lowest BCUT2D eigenvalue weighted by Crippen LogP contribution is -2.34. The first-order chi connectivity index (χ1) is 6.96. The van der Waals surface area contributed by atoms with Crippen LogP contribution in [0.5, 0.6) is 0 Å². The monoisotopic (exact) mass is 206 g/mol. The lowest BCUT2D eigenvalue weighted by molar-refractivity contribution is 0.518. The third-order valence-corrected chi connectivity index (χ3v) is 2.19. The highest BCUT2D eigenvalue weighted by Crippen LogP contribution is 2.18. The highest BCUT2D eigenvalue weighted by Gasteiger charge is 2.15. The van der Waals surface area contributed by atoms with Gasteiger partial charge in [-0.2, -0.15) is 0 Å². The molecule has 0 radical (unpaired) electrons. The number of H-pyrrole nitrogens is 1. The average molecular weight is 206 g/mol. The van der Waals surface area contributed by atoms with Gasteiger partial charge in [-0.25, -0.2) is 4.79 Å². The van der Waals surface area contributed by atoms with Gasteiger partial charge in [0, 0.05) is 5.54 Å². The van der Waals surface area contributed by atoms with Gasteiger partial charge in [-0.15, -0.1) is 0 Å². The van der Waals surface area contributed by atoms with E-state index in [1.54, 1.807) is 6.07 Å². The summed E-state index contributed by atoms with van der Waals surface area (Å²) in [5, 5.41) is 0. The molecule has 1 aromatic heterocycles. The Kier molecular flexibility index (Phi) is 2.16. The molecule has 0 aliphatic carbocycles. The molecule has 0 aliphatic rings. The number of fused-ring (bicyclic) bond motifs is 1. The molecule has 0 atom stereocenters. The Bertz CT molecular complexity index is 531. The van der Waals surface area contributed by atoms with Crippen molar-refractivity contribution in [3.63, 3.8) is 0 Å². The number of oxazole rings is 1. The van der Waals surface area contributed by atoms with E-state index in [0.29, 0.717) is 12.0 Å². The van der Waals surface area contributed by atoms with E-state index in [1.807, 2.05) is 26.0 Å².